The number of benzene rings is 3. The van der Waals surface area contributed by atoms with Crippen LogP contribution in [0.2, 0.25) is 0 Å². The first-order valence-corrected chi connectivity index (χ1v) is 11.2. The Hall–Kier alpha value is -3.10. The molecule has 0 bridgehead atoms. The standard InChI is InChI=1S/C24H20Br2N4O2/c1-15-3-9-19(11-21(15)25)23(31)29-27-13-17-5-7-18(8-6-17)14-28-30-24(32)20-10-4-16(2)22(26)12-20/h3-14H,1-2H3,(H,29,31)(H,30,32). The Morgan fingerprint density at radius 2 is 1.06 bits per heavy atom. The SMILES string of the molecule is Cc1ccc(C(=O)NN=Cc2ccc(C=NNC(=O)c3ccc(C)c(Br)c3)cc2)cc1Br. The first-order valence-electron chi connectivity index (χ1n) is 9.62. The number of nitrogens with zero attached hydrogens (tertiary/aromatic N) is 2. The second-order valence-electron chi connectivity index (χ2n) is 6.99. The van der Waals surface area contributed by atoms with Crippen LogP contribution < -0.4 is 10.9 Å². The van der Waals surface area contributed by atoms with Crippen LogP contribution in [0.5, 0.6) is 0 Å². The lowest BCUT2D eigenvalue weighted by atomic mass is 10.1. The molecule has 0 heterocycles. The highest BCUT2D eigenvalue weighted by Gasteiger charge is 2.07. The molecule has 2 N–H and O–H groups in total. The van der Waals surface area contributed by atoms with E-state index in [0.717, 1.165) is 31.2 Å². The summed E-state index contributed by atoms with van der Waals surface area (Å²) < 4.78 is 1.74. The van der Waals surface area contributed by atoms with Gasteiger partial charge in [-0.2, -0.15) is 10.2 Å². The Balaban J connectivity index is 1.52. The first kappa shape index (κ1) is 23.6. The highest BCUT2D eigenvalue weighted by molar-refractivity contribution is 9.10. The number of hydrogen-bond acceptors (Lipinski definition) is 4. The third-order valence-electron chi connectivity index (χ3n) is 4.56. The maximum atomic E-state index is 12.2. The van der Waals surface area contributed by atoms with Crippen LogP contribution in [-0.4, -0.2) is 24.2 Å². The van der Waals surface area contributed by atoms with E-state index in [9.17, 15) is 9.59 Å². The Kier molecular flexibility index (Phi) is 8.08. The molecule has 0 aliphatic carbocycles. The lowest BCUT2D eigenvalue weighted by molar-refractivity contribution is 0.0947. The summed E-state index contributed by atoms with van der Waals surface area (Å²) in [6.07, 6.45) is 3.11. The molecule has 0 aliphatic rings. The molecule has 162 valence electrons. The molecule has 32 heavy (non-hydrogen) atoms. The van der Waals surface area contributed by atoms with Crippen molar-refractivity contribution < 1.29 is 9.59 Å². The van der Waals surface area contributed by atoms with Gasteiger partial charge >= 0.3 is 0 Å². The number of carbonyl (C=O) groups is 2. The summed E-state index contributed by atoms with van der Waals surface area (Å²) in [6, 6.07) is 18.1. The van der Waals surface area contributed by atoms with E-state index in [1.54, 1.807) is 36.7 Å². The number of halogens is 2. The zero-order valence-electron chi connectivity index (χ0n) is 17.4. The minimum Gasteiger partial charge on any atom is -0.267 e. The van der Waals surface area contributed by atoms with E-state index >= 15 is 0 Å². The first-order chi connectivity index (χ1) is 15.3. The van der Waals surface area contributed by atoms with Crippen LogP contribution in [0.1, 0.15) is 43.0 Å². The number of hydrazone groups is 2. The van der Waals surface area contributed by atoms with Gasteiger partial charge in [0.2, 0.25) is 0 Å². The third kappa shape index (κ3) is 6.45. The van der Waals surface area contributed by atoms with Crippen LogP contribution in [0.15, 0.2) is 79.8 Å². The van der Waals surface area contributed by atoms with Gasteiger partial charge < -0.3 is 0 Å². The summed E-state index contributed by atoms with van der Waals surface area (Å²) in [5, 5.41) is 8.00. The molecule has 3 rings (SSSR count). The van der Waals surface area contributed by atoms with Crippen molar-refractivity contribution >= 4 is 56.1 Å². The summed E-state index contributed by atoms with van der Waals surface area (Å²) in [5.74, 6) is -0.580. The highest BCUT2D eigenvalue weighted by atomic mass is 79.9. The number of carbonyl (C=O) groups excluding carboxylic acids is 2. The van der Waals surface area contributed by atoms with Gasteiger partial charge in [0.05, 0.1) is 12.4 Å². The molecule has 3 aromatic carbocycles. The average molecular weight is 556 g/mol. The van der Waals surface area contributed by atoms with Crippen molar-refractivity contribution in [3.63, 3.8) is 0 Å². The van der Waals surface area contributed by atoms with E-state index in [2.05, 4.69) is 52.9 Å². The summed E-state index contributed by atoms with van der Waals surface area (Å²) in [6.45, 7) is 3.91. The van der Waals surface area contributed by atoms with Crippen molar-refractivity contribution in [2.75, 3.05) is 0 Å². The van der Waals surface area contributed by atoms with Gasteiger partial charge in [0.25, 0.3) is 11.8 Å². The molecule has 0 radical (unpaired) electrons. The zero-order chi connectivity index (χ0) is 23.1. The van der Waals surface area contributed by atoms with E-state index in [0.29, 0.717) is 11.1 Å². The van der Waals surface area contributed by atoms with E-state index in [1.807, 2.05) is 50.2 Å². The van der Waals surface area contributed by atoms with Gasteiger partial charge in [-0.15, -0.1) is 0 Å². The molecule has 8 heteroatoms. The molecule has 6 nitrogen and oxygen atoms in total. The zero-order valence-corrected chi connectivity index (χ0v) is 20.6. The van der Waals surface area contributed by atoms with Gasteiger partial charge in [0.15, 0.2) is 0 Å². The maximum absolute atomic E-state index is 12.2. The smallest absolute Gasteiger partial charge is 0.267 e. The minimum absolute atomic E-state index is 0.290. The number of rotatable bonds is 6. The van der Waals surface area contributed by atoms with Crippen molar-refractivity contribution in [1.82, 2.24) is 10.9 Å². The van der Waals surface area contributed by atoms with Crippen LogP contribution in [0.4, 0.5) is 0 Å². The second kappa shape index (κ2) is 11.0. The van der Waals surface area contributed by atoms with Gasteiger partial charge in [-0.3, -0.25) is 9.59 Å². The van der Waals surface area contributed by atoms with Gasteiger partial charge in [-0.05, 0) is 60.4 Å². The number of aryl methyl sites for hydroxylation is 2. The molecule has 0 saturated heterocycles. The fourth-order valence-electron chi connectivity index (χ4n) is 2.60. The monoisotopic (exact) mass is 554 g/mol. The van der Waals surface area contributed by atoms with E-state index in [1.165, 1.54) is 0 Å². The molecule has 3 aromatic rings. The van der Waals surface area contributed by atoms with Crippen LogP contribution in [0.25, 0.3) is 0 Å². The summed E-state index contributed by atoms with van der Waals surface area (Å²) in [5.41, 5.74) is 9.78. The van der Waals surface area contributed by atoms with Crippen LogP contribution in [-0.2, 0) is 0 Å². The topological polar surface area (TPSA) is 82.9 Å². The normalized spacial score (nSPS) is 11.1. The molecular formula is C24H20Br2N4O2. The molecular weight excluding hydrogens is 536 g/mol. The largest absolute Gasteiger partial charge is 0.271 e. The molecule has 0 aliphatic heterocycles. The number of nitrogens with one attached hydrogen (secondary N) is 2. The third-order valence-corrected chi connectivity index (χ3v) is 6.27. The molecule has 0 fully saturated rings. The van der Waals surface area contributed by atoms with Crippen molar-refractivity contribution in [2.45, 2.75) is 13.8 Å². The Morgan fingerprint density at radius 1 is 0.688 bits per heavy atom. The van der Waals surface area contributed by atoms with E-state index in [-0.39, 0.29) is 11.8 Å². The molecule has 0 atom stereocenters. The summed E-state index contributed by atoms with van der Waals surface area (Å²) in [7, 11) is 0. The minimum atomic E-state index is -0.290. The van der Waals surface area contributed by atoms with E-state index in [4.69, 9.17) is 0 Å². The Morgan fingerprint density at radius 3 is 1.41 bits per heavy atom. The summed E-state index contributed by atoms with van der Waals surface area (Å²) >= 11 is 6.83. The quantitative estimate of drug-likeness (QED) is 0.317. The van der Waals surface area contributed by atoms with Crippen molar-refractivity contribution in [3.8, 4) is 0 Å². The lowest BCUT2D eigenvalue weighted by Gasteiger charge is -2.03. The van der Waals surface area contributed by atoms with Crippen molar-refractivity contribution in [2.24, 2.45) is 10.2 Å². The predicted molar refractivity (Wildman–Crippen MR) is 134 cm³/mol. The fourth-order valence-corrected chi connectivity index (χ4v) is 3.35. The molecule has 0 aromatic heterocycles. The Labute approximate surface area is 203 Å². The van der Waals surface area contributed by atoms with Crippen LogP contribution in [0.3, 0.4) is 0 Å². The Bertz CT molecular complexity index is 1110. The fraction of sp³-hybridized carbons (Fsp3) is 0.0833. The highest BCUT2D eigenvalue weighted by Crippen LogP contribution is 2.18. The van der Waals surface area contributed by atoms with Gasteiger partial charge in [0.1, 0.15) is 0 Å². The number of amides is 2. The van der Waals surface area contributed by atoms with E-state index < -0.39 is 0 Å². The number of hydrogen-bond donors (Lipinski definition) is 2. The van der Waals surface area contributed by atoms with Gasteiger partial charge in [-0.1, -0.05) is 68.3 Å². The molecule has 0 spiro atoms. The van der Waals surface area contributed by atoms with Crippen LogP contribution in [0, 0.1) is 13.8 Å². The molecule has 0 unspecified atom stereocenters. The van der Waals surface area contributed by atoms with Crippen molar-refractivity contribution in [1.29, 1.82) is 0 Å². The molecule has 0 saturated carbocycles. The molecule has 2 amide bonds. The van der Waals surface area contributed by atoms with Gasteiger partial charge in [-0.25, -0.2) is 10.9 Å². The van der Waals surface area contributed by atoms with Crippen LogP contribution >= 0.6 is 31.9 Å². The average Bonchev–Trinajstić information content (AvgIpc) is 2.78. The summed E-state index contributed by atoms with van der Waals surface area (Å²) in [4.78, 5) is 24.3. The lowest BCUT2D eigenvalue weighted by Crippen LogP contribution is -2.17. The maximum Gasteiger partial charge on any atom is 0.271 e. The van der Waals surface area contributed by atoms with Crippen molar-refractivity contribution in [3.05, 3.63) is 103 Å². The second-order valence-corrected chi connectivity index (χ2v) is 8.70. The predicted octanol–water partition coefficient (Wildman–Crippen LogP) is 5.36. The van der Waals surface area contributed by atoms with Gasteiger partial charge in [0, 0.05) is 20.1 Å².